The Bertz CT molecular complexity index is 913. The van der Waals surface area contributed by atoms with E-state index in [1.807, 2.05) is 18.2 Å². The van der Waals surface area contributed by atoms with Crippen LogP contribution in [-0.4, -0.2) is 55.2 Å². The molecule has 0 radical (unpaired) electrons. The molecule has 2 heterocycles. The molecule has 8 heteroatoms. The summed E-state index contributed by atoms with van der Waals surface area (Å²) in [4.78, 5) is 18.5. The molecule has 1 amide bonds. The Labute approximate surface area is 164 Å². The van der Waals surface area contributed by atoms with E-state index >= 15 is 0 Å². The van der Waals surface area contributed by atoms with Crippen LogP contribution in [0.4, 0.5) is 0 Å². The van der Waals surface area contributed by atoms with Gasteiger partial charge in [0.1, 0.15) is 4.90 Å². The van der Waals surface area contributed by atoms with Gasteiger partial charge < -0.3 is 4.90 Å². The molecule has 1 aromatic heterocycles. The predicted molar refractivity (Wildman–Crippen MR) is 104 cm³/mol. The zero-order valence-electron chi connectivity index (χ0n) is 15.1. The minimum absolute atomic E-state index is 0.00459. The minimum atomic E-state index is -3.69. The van der Waals surface area contributed by atoms with E-state index in [4.69, 9.17) is 11.6 Å². The number of amides is 1. The molecule has 1 fully saturated rings. The molecule has 0 spiro atoms. The summed E-state index contributed by atoms with van der Waals surface area (Å²) in [5, 5.41) is 0.134. The Morgan fingerprint density at radius 2 is 1.96 bits per heavy atom. The number of rotatable bonds is 6. The van der Waals surface area contributed by atoms with Gasteiger partial charge in [0, 0.05) is 50.6 Å². The van der Waals surface area contributed by atoms with Crippen LogP contribution < -0.4 is 0 Å². The van der Waals surface area contributed by atoms with Crippen molar-refractivity contribution >= 4 is 27.5 Å². The lowest BCUT2D eigenvalue weighted by molar-refractivity contribution is 0.0796. The Morgan fingerprint density at radius 3 is 2.63 bits per heavy atom. The van der Waals surface area contributed by atoms with Crippen LogP contribution in [0.3, 0.4) is 0 Å². The quantitative estimate of drug-likeness (QED) is 0.738. The van der Waals surface area contributed by atoms with Crippen molar-refractivity contribution in [2.24, 2.45) is 0 Å². The van der Waals surface area contributed by atoms with Gasteiger partial charge in [-0.3, -0.25) is 9.78 Å². The number of hydrogen-bond donors (Lipinski definition) is 0. The Morgan fingerprint density at radius 1 is 1.22 bits per heavy atom. The molecule has 0 N–H and O–H groups in total. The van der Waals surface area contributed by atoms with Gasteiger partial charge >= 0.3 is 0 Å². The molecule has 0 saturated carbocycles. The van der Waals surface area contributed by atoms with Crippen molar-refractivity contribution in [3.05, 3.63) is 58.9 Å². The van der Waals surface area contributed by atoms with Crippen molar-refractivity contribution in [2.45, 2.75) is 24.2 Å². The lowest BCUT2D eigenvalue weighted by atomic mass is 10.2. The zero-order valence-corrected chi connectivity index (χ0v) is 16.7. The van der Waals surface area contributed by atoms with Gasteiger partial charge in [0.15, 0.2) is 0 Å². The molecule has 0 atom stereocenters. The monoisotopic (exact) mass is 407 g/mol. The molecule has 6 nitrogen and oxygen atoms in total. The van der Waals surface area contributed by atoms with Crippen LogP contribution in [0.25, 0.3) is 0 Å². The fourth-order valence-corrected chi connectivity index (χ4v) is 5.07. The first kappa shape index (κ1) is 19.8. The van der Waals surface area contributed by atoms with Crippen LogP contribution in [-0.2, 0) is 16.4 Å². The van der Waals surface area contributed by atoms with Crippen molar-refractivity contribution in [2.75, 3.05) is 26.7 Å². The number of nitrogens with zero attached hydrogens (tertiary/aromatic N) is 3. The van der Waals surface area contributed by atoms with E-state index in [1.165, 1.54) is 16.4 Å². The minimum Gasteiger partial charge on any atom is -0.341 e. The number of aromatic nitrogens is 1. The fourth-order valence-electron chi connectivity index (χ4n) is 3.05. The van der Waals surface area contributed by atoms with Crippen LogP contribution in [0.5, 0.6) is 0 Å². The van der Waals surface area contributed by atoms with Gasteiger partial charge in [-0.05, 0) is 43.2 Å². The first-order valence-corrected chi connectivity index (χ1v) is 10.7. The maximum atomic E-state index is 12.8. The third-order valence-corrected chi connectivity index (χ3v) is 7.02. The number of hydrogen-bond acceptors (Lipinski definition) is 4. The zero-order chi connectivity index (χ0) is 19.4. The van der Waals surface area contributed by atoms with Crippen molar-refractivity contribution in [1.82, 2.24) is 14.2 Å². The SMILES string of the molecule is CN(CCc1ccccn1)C(=O)c1ccc(Cl)c(S(=O)(=O)N2CCCC2)c1. The molecule has 2 aromatic rings. The molecule has 1 aliphatic rings. The van der Waals surface area contributed by atoms with Crippen molar-refractivity contribution in [1.29, 1.82) is 0 Å². The predicted octanol–water partition coefficient (Wildman–Crippen LogP) is 2.83. The van der Waals surface area contributed by atoms with Gasteiger partial charge in [-0.2, -0.15) is 4.31 Å². The first-order valence-electron chi connectivity index (χ1n) is 8.84. The average Bonchev–Trinajstić information content (AvgIpc) is 3.22. The van der Waals surface area contributed by atoms with E-state index in [0.717, 1.165) is 18.5 Å². The summed E-state index contributed by atoms with van der Waals surface area (Å²) in [6.07, 6.45) is 4.01. The second kappa shape index (κ2) is 8.37. The summed E-state index contributed by atoms with van der Waals surface area (Å²) in [5.41, 5.74) is 1.20. The van der Waals surface area contributed by atoms with Gasteiger partial charge in [-0.15, -0.1) is 0 Å². The largest absolute Gasteiger partial charge is 0.341 e. The summed E-state index contributed by atoms with van der Waals surface area (Å²) in [5.74, 6) is -0.250. The highest BCUT2D eigenvalue weighted by atomic mass is 35.5. The molecule has 1 aliphatic heterocycles. The maximum absolute atomic E-state index is 12.8. The molecular formula is C19H22ClN3O3S. The van der Waals surface area contributed by atoms with Gasteiger partial charge in [0.25, 0.3) is 5.91 Å². The fraction of sp³-hybridized carbons (Fsp3) is 0.368. The molecule has 3 rings (SSSR count). The van der Waals surface area contributed by atoms with Gasteiger partial charge in [-0.25, -0.2) is 8.42 Å². The van der Waals surface area contributed by atoms with E-state index in [-0.39, 0.29) is 15.8 Å². The molecule has 0 aliphatic carbocycles. The van der Waals surface area contributed by atoms with Crippen LogP contribution in [0, 0.1) is 0 Å². The molecule has 144 valence electrons. The summed E-state index contributed by atoms with van der Waals surface area (Å²) in [7, 11) is -2.00. The highest BCUT2D eigenvalue weighted by Crippen LogP contribution is 2.28. The number of halogens is 1. The maximum Gasteiger partial charge on any atom is 0.253 e. The standard InChI is InChI=1S/C19H22ClN3O3S/c1-22(13-9-16-6-2-3-10-21-16)19(24)15-7-8-17(20)18(14-15)27(25,26)23-11-4-5-12-23/h2-3,6-8,10,14H,4-5,9,11-13H2,1H3. The summed E-state index contributed by atoms with van der Waals surface area (Å²) < 4.78 is 27.1. The summed E-state index contributed by atoms with van der Waals surface area (Å²) >= 11 is 6.15. The Kier molecular flexibility index (Phi) is 6.14. The lowest BCUT2D eigenvalue weighted by Crippen LogP contribution is -2.30. The average molecular weight is 408 g/mol. The van der Waals surface area contributed by atoms with Crippen LogP contribution >= 0.6 is 11.6 Å². The highest BCUT2D eigenvalue weighted by molar-refractivity contribution is 7.89. The lowest BCUT2D eigenvalue weighted by Gasteiger charge is -2.19. The van der Waals surface area contributed by atoms with Crippen molar-refractivity contribution in [3.8, 4) is 0 Å². The van der Waals surface area contributed by atoms with Crippen molar-refractivity contribution < 1.29 is 13.2 Å². The van der Waals surface area contributed by atoms with Gasteiger partial charge in [0.05, 0.1) is 5.02 Å². The number of pyridine rings is 1. The third kappa shape index (κ3) is 4.48. The third-order valence-electron chi connectivity index (χ3n) is 4.64. The Balaban J connectivity index is 1.77. The van der Waals surface area contributed by atoms with E-state index in [9.17, 15) is 13.2 Å². The molecular weight excluding hydrogens is 386 g/mol. The molecule has 0 unspecified atom stereocenters. The molecule has 1 saturated heterocycles. The Hall–Kier alpha value is -1.96. The van der Waals surface area contributed by atoms with E-state index in [0.29, 0.717) is 31.6 Å². The number of benzene rings is 1. The second-order valence-corrected chi connectivity index (χ2v) is 8.87. The van der Waals surface area contributed by atoms with Gasteiger partial charge in [0.2, 0.25) is 10.0 Å². The molecule has 1 aromatic carbocycles. The summed E-state index contributed by atoms with van der Waals surface area (Å²) in [6, 6.07) is 10.1. The molecule has 27 heavy (non-hydrogen) atoms. The molecule has 0 bridgehead atoms. The van der Waals surface area contributed by atoms with E-state index < -0.39 is 10.0 Å². The van der Waals surface area contributed by atoms with E-state index in [1.54, 1.807) is 24.2 Å². The van der Waals surface area contributed by atoms with Crippen LogP contribution in [0.2, 0.25) is 5.02 Å². The van der Waals surface area contributed by atoms with E-state index in [2.05, 4.69) is 4.98 Å². The number of sulfonamides is 1. The van der Waals surface area contributed by atoms with Crippen molar-refractivity contribution in [3.63, 3.8) is 0 Å². The van der Waals surface area contributed by atoms with Crippen LogP contribution in [0.15, 0.2) is 47.5 Å². The number of carbonyl (C=O) groups excluding carboxylic acids is 1. The summed E-state index contributed by atoms with van der Waals surface area (Å²) in [6.45, 7) is 1.45. The topological polar surface area (TPSA) is 70.6 Å². The number of likely N-dealkylation sites (N-methyl/N-ethyl adjacent to an activating group) is 1. The van der Waals surface area contributed by atoms with Gasteiger partial charge in [-0.1, -0.05) is 17.7 Å². The second-order valence-electron chi connectivity index (χ2n) is 6.55. The first-order chi connectivity index (χ1) is 12.9. The highest BCUT2D eigenvalue weighted by Gasteiger charge is 2.30. The number of carbonyl (C=O) groups is 1. The smallest absolute Gasteiger partial charge is 0.253 e. The normalized spacial score (nSPS) is 15.0. The van der Waals surface area contributed by atoms with Crippen LogP contribution in [0.1, 0.15) is 28.9 Å².